The molecule has 2 amide bonds. The van der Waals surface area contributed by atoms with E-state index in [0.29, 0.717) is 44.1 Å². The Morgan fingerprint density at radius 1 is 0.929 bits per heavy atom. The topological polar surface area (TPSA) is 80.6 Å². The van der Waals surface area contributed by atoms with Crippen LogP contribution in [0.15, 0.2) is 90.1 Å². The monoisotopic (exact) mass is 603 g/mol. The Morgan fingerprint density at radius 2 is 1.64 bits per heavy atom. The summed E-state index contributed by atoms with van der Waals surface area (Å²) >= 11 is 7.68. The number of halogens is 1. The molecule has 1 aromatic heterocycles. The molecule has 1 atom stereocenters. The predicted molar refractivity (Wildman–Crippen MR) is 166 cm³/mol. The standard InChI is InChI=1S/C32H34ClN5O3S/c1-24-21-36(18-19-37(24)30(40)23-41-22-25-9-4-2-5-10-25)29(39)13-8-20-42-32-35-34-31(26-14-16-27(33)17-15-26)38(32)28-11-6-3-7-12-28/h2-7,9-12,14-17,24H,8,13,18-23H2,1H3. The van der Waals surface area contributed by atoms with Crippen molar-refractivity contribution in [3.05, 3.63) is 95.5 Å². The molecule has 0 spiro atoms. The minimum absolute atomic E-state index is 0.0394. The Hall–Kier alpha value is -3.66. The first-order valence-electron chi connectivity index (χ1n) is 14.1. The van der Waals surface area contributed by atoms with Crippen LogP contribution in [0.3, 0.4) is 0 Å². The summed E-state index contributed by atoms with van der Waals surface area (Å²) in [7, 11) is 0. The summed E-state index contributed by atoms with van der Waals surface area (Å²) in [5, 5.41) is 10.4. The summed E-state index contributed by atoms with van der Waals surface area (Å²) < 4.78 is 7.68. The van der Waals surface area contributed by atoms with Crippen LogP contribution in [0, 0.1) is 0 Å². The molecular formula is C32H34ClN5O3S. The molecule has 3 aromatic carbocycles. The zero-order valence-electron chi connectivity index (χ0n) is 23.6. The van der Waals surface area contributed by atoms with Crippen LogP contribution in [-0.2, 0) is 20.9 Å². The molecule has 0 saturated carbocycles. The maximum Gasteiger partial charge on any atom is 0.248 e. The van der Waals surface area contributed by atoms with Crippen LogP contribution in [0.1, 0.15) is 25.3 Å². The van der Waals surface area contributed by atoms with Crippen LogP contribution in [0.25, 0.3) is 17.1 Å². The molecule has 0 bridgehead atoms. The fourth-order valence-corrected chi connectivity index (χ4v) is 5.99. The number of ether oxygens (including phenoxy) is 1. The van der Waals surface area contributed by atoms with E-state index in [-0.39, 0.29) is 24.5 Å². The van der Waals surface area contributed by atoms with E-state index in [1.807, 2.05) is 106 Å². The number of para-hydroxylation sites is 1. The van der Waals surface area contributed by atoms with Crippen molar-refractivity contribution in [2.45, 2.75) is 37.6 Å². The lowest BCUT2D eigenvalue weighted by molar-refractivity contribution is -0.145. The van der Waals surface area contributed by atoms with E-state index in [1.165, 1.54) is 0 Å². The molecule has 0 N–H and O–H groups in total. The normalized spacial score (nSPS) is 15.1. The highest BCUT2D eigenvalue weighted by Gasteiger charge is 2.29. The van der Waals surface area contributed by atoms with E-state index in [4.69, 9.17) is 16.3 Å². The van der Waals surface area contributed by atoms with Crippen LogP contribution in [0.4, 0.5) is 0 Å². The van der Waals surface area contributed by atoms with Gasteiger partial charge in [-0.3, -0.25) is 14.2 Å². The molecule has 1 unspecified atom stereocenters. The maximum atomic E-state index is 13.0. The first-order valence-corrected chi connectivity index (χ1v) is 15.4. The highest BCUT2D eigenvalue weighted by molar-refractivity contribution is 7.99. The molecule has 42 heavy (non-hydrogen) atoms. The third-order valence-corrected chi connectivity index (χ3v) is 8.42. The first-order chi connectivity index (χ1) is 20.5. The van der Waals surface area contributed by atoms with Gasteiger partial charge >= 0.3 is 0 Å². The summed E-state index contributed by atoms with van der Waals surface area (Å²) in [5.41, 5.74) is 2.93. The van der Waals surface area contributed by atoms with Crippen molar-refractivity contribution in [3.63, 3.8) is 0 Å². The predicted octanol–water partition coefficient (Wildman–Crippen LogP) is 5.74. The van der Waals surface area contributed by atoms with Gasteiger partial charge in [-0.1, -0.05) is 71.9 Å². The van der Waals surface area contributed by atoms with Gasteiger partial charge in [0, 0.05) is 54.1 Å². The lowest BCUT2D eigenvalue weighted by Crippen LogP contribution is -2.56. The number of carbonyl (C=O) groups is 2. The number of carbonyl (C=O) groups excluding carboxylic acids is 2. The number of benzene rings is 3. The van der Waals surface area contributed by atoms with E-state index in [0.717, 1.165) is 33.5 Å². The Kier molecular flexibility index (Phi) is 10.3. The lowest BCUT2D eigenvalue weighted by Gasteiger charge is -2.40. The summed E-state index contributed by atoms with van der Waals surface area (Å²) in [6.45, 7) is 4.01. The molecule has 218 valence electrons. The first kappa shape index (κ1) is 29.8. The largest absolute Gasteiger partial charge is 0.367 e. The SMILES string of the molecule is CC1CN(C(=O)CCCSc2nnc(-c3ccc(Cl)cc3)n2-c2ccccc2)CCN1C(=O)COCc1ccccc1. The third-order valence-electron chi connectivity index (χ3n) is 7.15. The average molecular weight is 604 g/mol. The second-order valence-corrected chi connectivity index (χ2v) is 11.7. The van der Waals surface area contributed by atoms with Gasteiger partial charge in [-0.25, -0.2) is 0 Å². The molecule has 4 aromatic rings. The van der Waals surface area contributed by atoms with Crippen molar-refractivity contribution in [3.8, 4) is 17.1 Å². The number of piperazine rings is 1. The zero-order chi connectivity index (χ0) is 29.3. The molecule has 0 radical (unpaired) electrons. The van der Waals surface area contributed by atoms with Gasteiger partial charge in [-0.2, -0.15) is 0 Å². The summed E-state index contributed by atoms with van der Waals surface area (Å²) in [6.07, 6.45) is 1.15. The van der Waals surface area contributed by atoms with Gasteiger partial charge in [0.2, 0.25) is 11.8 Å². The summed E-state index contributed by atoms with van der Waals surface area (Å²) in [5.74, 6) is 1.54. The van der Waals surface area contributed by atoms with Gasteiger partial charge in [-0.15, -0.1) is 10.2 Å². The molecule has 8 nitrogen and oxygen atoms in total. The van der Waals surface area contributed by atoms with Crippen molar-refractivity contribution in [1.29, 1.82) is 0 Å². The number of aromatic nitrogens is 3. The van der Waals surface area contributed by atoms with Gasteiger partial charge in [0.1, 0.15) is 6.61 Å². The summed E-state index contributed by atoms with van der Waals surface area (Å²) in [6, 6.07) is 27.3. The second-order valence-electron chi connectivity index (χ2n) is 10.2. The zero-order valence-corrected chi connectivity index (χ0v) is 25.1. The highest BCUT2D eigenvalue weighted by Crippen LogP contribution is 2.29. The molecule has 1 aliphatic rings. The molecule has 10 heteroatoms. The Labute approximate surface area is 255 Å². The number of thioether (sulfide) groups is 1. The van der Waals surface area contributed by atoms with Gasteiger partial charge in [0.25, 0.3) is 0 Å². The van der Waals surface area contributed by atoms with Gasteiger partial charge in [0.15, 0.2) is 11.0 Å². The lowest BCUT2D eigenvalue weighted by atomic mass is 10.1. The van der Waals surface area contributed by atoms with Gasteiger partial charge < -0.3 is 14.5 Å². The fraction of sp³-hybridized carbons (Fsp3) is 0.312. The van der Waals surface area contributed by atoms with Crippen LogP contribution < -0.4 is 0 Å². The molecule has 1 fully saturated rings. The number of amides is 2. The number of nitrogens with zero attached hydrogens (tertiary/aromatic N) is 5. The van der Waals surface area contributed by atoms with Crippen LogP contribution in [0.2, 0.25) is 5.02 Å². The van der Waals surface area contributed by atoms with Crippen LogP contribution >= 0.6 is 23.4 Å². The van der Waals surface area contributed by atoms with Crippen molar-refractivity contribution >= 4 is 35.2 Å². The molecule has 2 heterocycles. The quantitative estimate of drug-likeness (QED) is 0.161. The smallest absolute Gasteiger partial charge is 0.248 e. The van der Waals surface area contributed by atoms with E-state index in [2.05, 4.69) is 10.2 Å². The number of rotatable bonds is 11. The second kappa shape index (κ2) is 14.5. The van der Waals surface area contributed by atoms with Crippen molar-refractivity contribution in [2.24, 2.45) is 0 Å². The maximum absolute atomic E-state index is 13.0. The van der Waals surface area contributed by atoms with Gasteiger partial charge in [0.05, 0.1) is 6.61 Å². The van der Waals surface area contributed by atoms with E-state index in [1.54, 1.807) is 11.8 Å². The van der Waals surface area contributed by atoms with Gasteiger partial charge in [-0.05, 0) is 55.3 Å². The molecular weight excluding hydrogens is 570 g/mol. The van der Waals surface area contributed by atoms with E-state index < -0.39 is 0 Å². The Bertz CT molecular complexity index is 1470. The van der Waals surface area contributed by atoms with E-state index in [9.17, 15) is 9.59 Å². The average Bonchev–Trinajstić information content (AvgIpc) is 3.44. The van der Waals surface area contributed by atoms with Crippen molar-refractivity contribution < 1.29 is 14.3 Å². The van der Waals surface area contributed by atoms with E-state index >= 15 is 0 Å². The van der Waals surface area contributed by atoms with Crippen LogP contribution in [-0.4, -0.2) is 74.4 Å². The minimum Gasteiger partial charge on any atom is -0.367 e. The number of hydrogen-bond donors (Lipinski definition) is 0. The Morgan fingerprint density at radius 3 is 2.36 bits per heavy atom. The molecule has 1 aliphatic heterocycles. The summed E-state index contributed by atoms with van der Waals surface area (Å²) in [4.78, 5) is 29.4. The molecule has 5 rings (SSSR count). The fourth-order valence-electron chi connectivity index (χ4n) is 4.97. The molecule has 1 saturated heterocycles. The molecule has 0 aliphatic carbocycles. The van der Waals surface area contributed by atoms with Crippen LogP contribution in [0.5, 0.6) is 0 Å². The van der Waals surface area contributed by atoms with Crippen molar-refractivity contribution in [2.75, 3.05) is 32.0 Å². The Balaban J connectivity index is 1.10. The third kappa shape index (κ3) is 7.59. The van der Waals surface area contributed by atoms with Crippen molar-refractivity contribution in [1.82, 2.24) is 24.6 Å². The highest BCUT2D eigenvalue weighted by atomic mass is 35.5. The number of hydrogen-bond acceptors (Lipinski definition) is 6. The minimum atomic E-state index is -0.0550.